The highest BCUT2D eigenvalue weighted by molar-refractivity contribution is 5.45. The second-order valence-corrected chi connectivity index (χ2v) is 3.19. The summed E-state index contributed by atoms with van der Waals surface area (Å²) < 4.78 is 5.19. The van der Waals surface area contributed by atoms with E-state index in [2.05, 4.69) is 28.6 Å². The van der Waals surface area contributed by atoms with E-state index >= 15 is 0 Å². The third-order valence-corrected chi connectivity index (χ3v) is 1.91. The molecule has 0 aliphatic heterocycles. The zero-order valence-corrected chi connectivity index (χ0v) is 8.98. The lowest BCUT2D eigenvalue weighted by Gasteiger charge is -2.21. The van der Waals surface area contributed by atoms with Gasteiger partial charge >= 0.3 is 0 Å². The fourth-order valence-corrected chi connectivity index (χ4v) is 1.11. The molecule has 1 unspecified atom stereocenters. The van der Waals surface area contributed by atoms with E-state index in [4.69, 9.17) is 4.74 Å². The maximum absolute atomic E-state index is 5.19. The Balaban J connectivity index is 4.09. The Bertz CT molecular complexity index is 148. The number of nitrogens with zero attached hydrogens (tertiary/aromatic N) is 1. The molecule has 0 radical (unpaired) electrons. The Morgan fingerprint density at radius 3 is 2.15 bits per heavy atom. The van der Waals surface area contributed by atoms with Gasteiger partial charge in [0.1, 0.15) is 0 Å². The first-order valence-electron chi connectivity index (χ1n) is 4.37. The molecule has 0 aromatic heterocycles. The van der Waals surface area contributed by atoms with E-state index in [1.807, 2.05) is 6.92 Å². The van der Waals surface area contributed by atoms with Crippen molar-refractivity contribution in [1.82, 2.24) is 0 Å². The van der Waals surface area contributed by atoms with Crippen molar-refractivity contribution in [2.75, 3.05) is 14.2 Å². The third kappa shape index (κ3) is 4.85. The molecule has 4 heteroatoms. The molecule has 0 rings (SSSR count). The van der Waals surface area contributed by atoms with E-state index in [0.29, 0.717) is 5.92 Å². The van der Waals surface area contributed by atoms with Crippen LogP contribution >= 0.6 is 0 Å². The second-order valence-electron chi connectivity index (χ2n) is 3.19. The fourth-order valence-electron chi connectivity index (χ4n) is 1.11. The highest BCUT2D eigenvalue weighted by atomic mass is 17.2. The van der Waals surface area contributed by atoms with Crippen LogP contribution in [0.2, 0.25) is 0 Å². The van der Waals surface area contributed by atoms with Gasteiger partial charge in [0.2, 0.25) is 6.40 Å². The Hall–Kier alpha value is -0.610. The van der Waals surface area contributed by atoms with Gasteiger partial charge in [0.05, 0.1) is 19.3 Å². The van der Waals surface area contributed by atoms with Crippen molar-refractivity contribution < 1.29 is 14.5 Å². The molecule has 0 spiro atoms. The molecular formula is C9H19NO3. The largest absolute Gasteiger partial charge is 0.380 e. The molecule has 0 heterocycles. The summed E-state index contributed by atoms with van der Waals surface area (Å²) in [6, 6.07) is 0.0974. The van der Waals surface area contributed by atoms with Crippen LogP contribution < -0.4 is 0 Å². The zero-order valence-electron chi connectivity index (χ0n) is 8.98. The molecule has 0 aliphatic carbocycles. The van der Waals surface area contributed by atoms with Gasteiger partial charge in [-0.1, -0.05) is 13.8 Å². The summed E-state index contributed by atoms with van der Waals surface area (Å²) in [5.74, 6) is 0.409. The van der Waals surface area contributed by atoms with Gasteiger partial charge < -0.3 is 9.62 Å². The number of aliphatic imine (C=N–C) groups is 1. The second kappa shape index (κ2) is 6.86. The van der Waals surface area contributed by atoms with Crippen molar-refractivity contribution >= 4 is 6.40 Å². The van der Waals surface area contributed by atoms with Crippen LogP contribution in [0.4, 0.5) is 0 Å². The highest BCUT2D eigenvalue weighted by Gasteiger charge is 2.18. The van der Waals surface area contributed by atoms with E-state index in [-0.39, 0.29) is 12.1 Å². The van der Waals surface area contributed by atoms with E-state index in [9.17, 15) is 0 Å². The van der Waals surface area contributed by atoms with Crippen LogP contribution in [0, 0.1) is 5.92 Å². The minimum Gasteiger partial charge on any atom is -0.380 e. The van der Waals surface area contributed by atoms with E-state index < -0.39 is 0 Å². The summed E-state index contributed by atoms with van der Waals surface area (Å²) in [7, 11) is 3.11. The molecule has 0 N–H and O–H groups in total. The van der Waals surface area contributed by atoms with Crippen molar-refractivity contribution in [1.29, 1.82) is 0 Å². The van der Waals surface area contributed by atoms with E-state index in [1.54, 1.807) is 7.11 Å². The van der Waals surface area contributed by atoms with Crippen LogP contribution in [0.3, 0.4) is 0 Å². The maximum Gasteiger partial charge on any atom is 0.215 e. The predicted octanol–water partition coefficient (Wildman–Crippen LogP) is 1.65. The summed E-state index contributed by atoms with van der Waals surface area (Å²) in [4.78, 5) is 13.1. The Morgan fingerprint density at radius 1 is 1.15 bits per heavy atom. The van der Waals surface area contributed by atoms with Crippen LogP contribution in [0.1, 0.15) is 20.8 Å². The Kier molecular flexibility index (Phi) is 6.54. The minimum atomic E-state index is 0.0803. The van der Waals surface area contributed by atoms with Crippen LogP contribution in [-0.4, -0.2) is 32.8 Å². The summed E-state index contributed by atoms with van der Waals surface area (Å²) in [5, 5.41) is 0. The predicted molar refractivity (Wildman–Crippen MR) is 51.7 cm³/mol. The van der Waals surface area contributed by atoms with Crippen molar-refractivity contribution in [2.24, 2.45) is 10.9 Å². The molecule has 78 valence electrons. The number of ether oxygens (including phenoxy) is 1. The molecule has 0 bridgehead atoms. The number of hydrogen-bond donors (Lipinski definition) is 0. The molecule has 0 aromatic carbocycles. The third-order valence-electron chi connectivity index (χ3n) is 1.91. The molecule has 4 nitrogen and oxygen atoms in total. The first kappa shape index (κ1) is 12.4. The standard InChI is InChI=1S/C9H19NO3/c1-7(2)9(8(3)11-4)10-6-13-12-5/h6-9H,1-5H3/t8?,9-/m1/s1. The lowest BCUT2D eigenvalue weighted by Crippen LogP contribution is -2.28. The summed E-state index contributed by atoms with van der Waals surface area (Å²) in [6.07, 6.45) is 1.39. The first-order valence-corrected chi connectivity index (χ1v) is 4.37. The van der Waals surface area contributed by atoms with Crippen molar-refractivity contribution in [3.05, 3.63) is 0 Å². The normalized spacial score (nSPS) is 16.5. The molecule has 0 fully saturated rings. The molecule has 0 amide bonds. The van der Waals surface area contributed by atoms with Crippen LogP contribution in [0.15, 0.2) is 4.99 Å². The van der Waals surface area contributed by atoms with Gasteiger partial charge in [-0.2, -0.15) is 4.89 Å². The number of rotatable bonds is 6. The topological polar surface area (TPSA) is 40.0 Å². The molecule has 2 atom stereocenters. The quantitative estimate of drug-likeness (QED) is 0.276. The highest BCUT2D eigenvalue weighted by Crippen LogP contribution is 2.12. The van der Waals surface area contributed by atoms with Crippen molar-refractivity contribution in [3.8, 4) is 0 Å². The van der Waals surface area contributed by atoms with Gasteiger partial charge in [-0.25, -0.2) is 4.99 Å². The SMILES string of the molecule is COOC=N[C@H](C(C)C)C(C)OC. The van der Waals surface area contributed by atoms with E-state index in [1.165, 1.54) is 13.5 Å². The van der Waals surface area contributed by atoms with Gasteiger partial charge in [-0.15, -0.1) is 0 Å². The van der Waals surface area contributed by atoms with Gasteiger partial charge in [-0.05, 0) is 12.8 Å². The fraction of sp³-hybridized carbons (Fsp3) is 0.889. The van der Waals surface area contributed by atoms with Crippen LogP contribution in [0.5, 0.6) is 0 Å². The first-order chi connectivity index (χ1) is 6.13. The Labute approximate surface area is 79.8 Å². The van der Waals surface area contributed by atoms with Gasteiger partial charge in [0, 0.05) is 7.11 Å². The van der Waals surface area contributed by atoms with Crippen molar-refractivity contribution in [2.45, 2.75) is 32.9 Å². The van der Waals surface area contributed by atoms with Crippen LogP contribution in [-0.2, 0) is 14.5 Å². The van der Waals surface area contributed by atoms with Crippen molar-refractivity contribution in [3.63, 3.8) is 0 Å². The summed E-state index contributed by atoms with van der Waals surface area (Å²) in [5.41, 5.74) is 0. The number of methoxy groups -OCH3 is 1. The summed E-state index contributed by atoms with van der Waals surface area (Å²) in [6.45, 7) is 6.16. The average Bonchev–Trinajstić information content (AvgIpc) is 2.11. The number of hydrogen-bond acceptors (Lipinski definition) is 4. The zero-order chi connectivity index (χ0) is 10.3. The summed E-state index contributed by atoms with van der Waals surface area (Å²) >= 11 is 0. The molecule has 13 heavy (non-hydrogen) atoms. The van der Waals surface area contributed by atoms with Crippen LogP contribution in [0.25, 0.3) is 0 Å². The molecule has 0 aliphatic rings. The molecule has 0 saturated heterocycles. The molecule has 0 aromatic rings. The lowest BCUT2D eigenvalue weighted by atomic mass is 10.0. The minimum absolute atomic E-state index is 0.0803. The Morgan fingerprint density at radius 2 is 1.77 bits per heavy atom. The molecule has 0 saturated carbocycles. The van der Waals surface area contributed by atoms with E-state index in [0.717, 1.165) is 0 Å². The smallest absolute Gasteiger partial charge is 0.215 e. The van der Waals surface area contributed by atoms with Gasteiger partial charge in [0.15, 0.2) is 0 Å². The lowest BCUT2D eigenvalue weighted by molar-refractivity contribution is -0.188. The van der Waals surface area contributed by atoms with Gasteiger partial charge in [0.25, 0.3) is 0 Å². The maximum atomic E-state index is 5.19. The molecular weight excluding hydrogens is 170 g/mol. The monoisotopic (exact) mass is 189 g/mol. The van der Waals surface area contributed by atoms with Gasteiger partial charge in [-0.3, -0.25) is 0 Å². The average molecular weight is 189 g/mol.